The molecule has 236 valence electrons. The molecule has 1 atom stereocenters. The van der Waals surface area contributed by atoms with Crippen molar-refractivity contribution in [3.05, 3.63) is 71.2 Å². The van der Waals surface area contributed by atoms with Gasteiger partial charge in [0.1, 0.15) is 6.04 Å². The van der Waals surface area contributed by atoms with Crippen LogP contribution >= 0.6 is 0 Å². The molecule has 0 spiro atoms. The molecule has 12 nitrogen and oxygen atoms in total. The van der Waals surface area contributed by atoms with E-state index in [9.17, 15) is 19.2 Å². The third kappa shape index (κ3) is 5.76. The average Bonchev–Trinajstić information content (AvgIpc) is 3.25. The fraction of sp³-hybridized carbons (Fsp3) is 0.382. The van der Waals surface area contributed by atoms with Crippen LogP contribution in [0.2, 0.25) is 0 Å². The molecule has 5 N–H and O–H groups in total. The Morgan fingerprint density at radius 3 is 2.63 bits per heavy atom. The Bertz CT molecular complexity index is 1790. The Morgan fingerprint density at radius 2 is 1.87 bits per heavy atom. The number of allylic oxidation sites excluding steroid dienone is 1. The number of aromatic nitrogens is 2. The quantitative estimate of drug-likeness (QED) is 0.151. The highest BCUT2D eigenvalue weighted by molar-refractivity contribution is 6.23. The van der Waals surface area contributed by atoms with Gasteiger partial charge in [-0.05, 0) is 73.9 Å². The molecule has 3 aromatic rings. The van der Waals surface area contributed by atoms with Gasteiger partial charge in [0, 0.05) is 55.6 Å². The Hall–Kier alpha value is -4.97. The number of fused-ring (bicyclic) bond motifs is 2. The van der Waals surface area contributed by atoms with Crippen molar-refractivity contribution in [3.8, 4) is 0 Å². The Kier molecular flexibility index (Phi) is 8.03. The van der Waals surface area contributed by atoms with Crippen molar-refractivity contribution in [2.45, 2.75) is 56.5 Å². The molecule has 2 aromatic carbocycles. The summed E-state index contributed by atoms with van der Waals surface area (Å²) >= 11 is 0. The van der Waals surface area contributed by atoms with E-state index >= 15 is 0 Å². The topological polar surface area (TPSA) is 172 Å². The van der Waals surface area contributed by atoms with Crippen LogP contribution in [0.5, 0.6) is 0 Å². The standard InChI is InChI=1S/C34H36N8O4/c35-14-21(29-18-39-27-6-3-20(12-28(27)40-29)22-15-36-16-22)17-38-24-10-19(11-24)2-1-9-37-23-4-5-25-26(13-23)34(46)42(33(25)45)30-7-8-31(43)41-32(30)44/h3-6,12-14,17-19,22,24,30,36-37H,1-2,7-11,15-16,35H2,(H,41,43,44). The maximum Gasteiger partial charge on any atom is 0.262 e. The Balaban J connectivity index is 0.870. The van der Waals surface area contributed by atoms with Crippen LogP contribution in [0.1, 0.15) is 76.4 Å². The van der Waals surface area contributed by atoms with E-state index < -0.39 is 29.7 Å². The Morgan fingerprint density at radius 1 is 1.04 bits per heavy atom. The fourth-order valence-electron chi connectivity index (χ4n) is 6.59. The first-order chi connectivity index (χ1) is 22.4. The van der Waals surface area contributed by atoms with Gasteiger partial charge in [0.25, 0.3) is 11.8 Å². The van der Waals surface area contributed by atoms with Crippen LogP contribution in [-0.2, 0) is 9.59 Å². The van der Waals surface area contributed by atoms with E-state index in [1.807, 2.05) is 12.3 Å². The maximum atomic E-state index is 13.1. The molecule has 0 bridgehead atoms. The van der Waals surface area contributed by atoms with E-state index in [4.69, 9.17) is 15.7 Å². The van der Waals surface area contributed by atoms with Crippen molar-refractivity contribution < 1.29 is 19.2 Å². The summed E-state index contributed by atoms with van der Waals surface area (Å²) in [5, 5.41) is 8.88. The van der Waals surface area contributed by atoms with Gasteiger partial charge in [-0.3, -0.25) is 39.4 Å². The first-order valence-corrected chi connectivity index (χ1v) is 15.9. The predicted octanol–water partition coefficient (Wildman–Crippen LogP) is 2.76. The van der Waals surface area contributed by atoms with Crippen molar-refractivity contribution in [1.29, 1.82) is 0 Å². The van der Waals surface area contributed by atoms with Gasteiger partial charge >= 0.3 is 0 Å². The van der Waals surface area contributed by atoms with Gasteiger partial charge in [0.05, 0.1) is 40.1 Å². The molecule has 46 heavy (non-hydrogen) atoms. The van der Waals surface area contributed by atoms with Crippen molar-refractivity contribution in [1.82, 2.24) is 25.5 Å². The summed E-state index contributed by atoms with van der Waals surface area (Å²) in [6.45, 7) is 2.71. The molecule has 4 heterocycles. The van der Waals surface area contributed by atoms with Crippen LogP contribution in [0.25, 0.3) is 16.6 Å². The van der Waals surface area contributed by atoms with Gasteiger partial charge in [0.2, 0.25) is 11.8 Å². The van der Waals surface area contributed by atoms with Crippen LogP contribution in [0, 0.1) is 5.92 Å². The summed E-state index contributed by atoms with van der Waals surface area (Å²) in [6.07, 6.45) is 9.37. The molecular formula is C34H36N8O4. The van der Waals surface area contributed by atoms with Crippen LogP contribution in [-0.4, -0.2) is 76.4 Å². The van der Waals surface area contributed by atoms with E-state index in [2.05, 4.69) is 33.1 Å². The highest BCUT2D eigenvalue weighted by atomic mass is 16.2. The van der Waals surface area contributed by atoms with Crippen molar-refractivity contribution in [3.63, 3.8) is 0 Å². The van der Waals surface area contributed by atoms with E-state index in [1.165, 1.54) is 11.8 Å². The minimum absolute atomic E-state index is 0.0937. The smallest absolute Gasteiger partial charge is 0.262 e. The second-order valence-corrected chi connectivity index (χ2v) is 12.5. The van der Waals surface area contributed by atoms with Gasteiger partial charge in [0.15, 0.2) is 0 Å². The summed E-state index contributed by atoms with van der Waals surface area (Å²) < 4.78 is 0. The third-order valence-electron chi connectivity index (χ3n) is 9.49. The number of hydrogen-bond donors (Lipinski definition) is 4. The number of amides is 4. The largest absolute Gasteiger partial charge is 0.404 e. The van der Waals surface area contributed by atoms with Crippen LogP contribution < -0.4 is 21.7 Å². The first-order valence-electron chi connectivity index (χ1n) is 15.9. The van der Waals surface area contributed by atoms with Gasteiger partial charge in [-0.15, -0.1) is 0 Å². The number of piperidine rings is 1. The molecule has 1 unspecified atom stereocenters. The number of hydrogen-bond acceptors (Lipinski definition) is 10. The fourth-order valence-corrected chi connectivity index (χ4v) is 6.59. The summed E-state index contributed by atoms with van der Waals surface area (Å²) in [6, 6.07) is 10.6. The lowest BCUT2D eigenvalue weighted by molar-refractivity contribution is -0.136. The molecule has 7 rings (SSSR count). The number of benzene rings is 2. The van der Waals surface area contributed by atoms with Gasteiger partial charge in [-0.25, -0.2) is 4.98 Å². The van der Waals surface area contributed by atoms with Crippen molar-refractivity contribution >= 4 is 52.1 Å². The molecule has 3 aliphatic heterocycles. The summed E-state index contributed by atoms with van der Waals surface area (Å²) in [7, 11) is 0. The molecule has 1 saturated carbocycles. The monoisotopic (exact) mass is 620 g/mol. The number of nitrogens with one attached hydrogen (secondary N) is 3. The van der Waals surface area contributed by atoms with Gasteiger partial charge in [-0.2, -0.15) is 0 Å². The van der Waals surface area contributed by atoms with Crippen molar-refractivity contribution in [2.75, 3.05) is 25.0 Å². The average molecular weight is 621 g/mol. The van der Waals surface area contributed by atoms with Crippen LogP contribution in [0.3, 0.4) is 0 Å². The molecule has 1 aromatic heterocycles. The molecule has 12 heteroatoms. The SMILES string of the molecule is NC=C(C=NC1CC(CCCNc2ccc3c(c2)C(=O)N(C2CCC(=O)NC2=O)C3=O)C1)c1cnc2ccc(C3CNC3)cc2n1. The lowest BCUT2D eigenvalue weighted by atomic mass is 9.78. The number of nitrogens with zero attached hydrogens (tertiary/aromatic N) is 4. The Labute approximate surface area is 265 Å². The van der Waals surface area contributed by atoms with E-state index in [1.54, 1.807) is 24.4 Å². The van der Waals surface area contributed by atoms with Gasteiger partial charge in [-0.1, -0.05) is 6.07 Å². The number of anilines is 1. The van der Waals surface area contributed by atoms with Gasteiger partial charge < -0.3 is 16.4 Å². The first kappa shape index (κ1) is 29.7. The van der Waals surface area contributed by atoms with Crippen LogP contribution in [0.15, 0.2) is 53.8 Å². The number of nitrogens with two attached hydrogens (primary N) is 1. The minimum Gasteiger partial charge on any atom is -0.404 e. The predicted molar refractivity (Wildman–Crippen MR) is 173 cm³/mol. The number of carbonyl (C=O) groups is 4. The number of aliphatic imine (C=N–C) groups is 1. The summed E-state index contributed by atoms with van der Waals surface area (Å²) in [4.78, 5) is 64.9. The van der Waals surface area contributed by atoms with E-state index in [0.717, 1.165) is 72.5 Å². The molecular weight excluding hydrogens is 584 g/mol. The highest BCUT2D eigenvalue weighted by Gasteiger charge is 2.44. The molecule has 1 aliphatic carbocycles. The molecule has 4 amide bonds. The zero-order valence-corrected chi connectivity index (χ0v) is 25.4. The molecule has 3 fully saturated rings. The summed E-state index contributed by atoms with van der Waals surface area (Å²) in [5.74, 6) is -0.890. The number of rotatable bonds is 10. The minimum atomic E-state index is -0.967. The highest BCUT2D eigenvalue weighted by Crippen LogP contribution is 2.34. The molecule has 4 aliphatic rings. The zero-order chi connectivity index (χ0) is 31.8. The number of imide groups is 2. The second kappa shape index (κ2) is 12.4. The lowest BCUT2D eigenvalue weighted by Gasteiger charge is -2.32. The van der Waals surface area contributed by atoms with Crippen molar-refractivity contribution in [2.24, 2.45) is 16.6 Å². The normalized spacial score (nSPS) is 23.4. The summed E-state index contributed by atoms with van der Waals surface area (Å²) in [5.41, 5.74) is 11.7. The number of carbonyl (C=O) groups excluding carboxylic acids is 4. The van der Waals surface area contributed by atoms with E-state index in [0.29, 0.717) is 17.5 Å². The van der Waals surface area contributed by atoms with E-state index in [-0.39, 0.29) is 30.0 Å². The molecule has 0 radical (unpaired) electrons. The second-order valence-electron chi connectivity index (χ2n) is 12.5. The van der Waals surface area contributed by atoms with Crippen LogP contribution in [0.4, 0.5) is 5.69 Å². The third-order valence-corrected chi connectivity index (χ3v) is 9.49. The maximum absolute atomic E-state index is 13.1. The zero-order valence-electron chi connectivity index (χ0n) is 25.4. The lowest BCUT2D eigenvalue weighted by Crippen LogP contribution is -2.54. The molecule has 2 saturated heterocycles.